The molecule has 1 heterocycles. The molecule has 156 valence electrons. The van der Waals surface area contributed by atoms with Gasteiger partial charge in [-0.25, -0.2) is 0 Å². The summed E-state index contributed by atoms with van der Waals surface area (Å²) in [6.45, 7) is 1.24. The van der Waals surface area contributed by atoms with Gasteiger partial charge in [-0.05, 0) is 61.4 Å². The van der Waals surface area contributed by atoms with Crippen molar-refractivity contribution in [2.75, 3.05) is 6.54 Å². The minimum Gasteiger partial charge on any atom is -0.481 e. The van der Waals surface area contributed by atoms with Gasteiger partial charge < -0.3 is 15.0 Å². The Morgan fingerprint density at radius 3 is 2.47 bits per heavy atom. The van der Waals surface area contributed by atoms with Crippen LogP contribution >= 0.6 is 11.6 Å². The quantitative estimate of drug-likeness (QED) is 0.587. The van der Waals surface area contributed by atoms with Crippen molar-refractivity contribution in [3.63, 3.8) is 0 Å². The van der Waals surface area contributed by atoms with Crippen LogP contribution in [-0.4, -0.2) is 28.1 Å². The summed E-state index contributed by atoms with van der Waals surface area (Å²) in [7, 11) is 0. The number of hydrogen-bond donors (Lipinski definition) is 2. The Labute approximate surface area is 180 Å². The van der Waals surface area contributed by atoms with E-state index in [4.69, 9.17) is 16.7 Å². The highest BCUT2D eigenvalue weighted by molar-refractivity contribution is 6.30. The van der Waals surface area contributed by atoms with Gasteiger partial charge in [0.2, 0.25) is 0 Å². The molecule has 2 N–H and O–H groups in total. The van der Waals surface area contributed by atoms with Gasteiger partial charge in [0.25, 0.3) is 5.91 Å². The smallest absolute Gasteiger partial charge is 0.306 e. The molecule has 3 aromatic rings. The maximum atomic E-state index is 13.0. The Hall–Kier alpha value is -2.79. The SMILES string of the molecule is O=C(NC[C@H]1CC[C@@H](C(=O)O)CC1)c1cccc2ccn(Cc3ccc(Cl)cc3)c12. The van der Waals surface area contributed by atoms with Crippen LogP contribution in [0.1, 0.15) is 41.6 Å². The van der Waals surface area contributed by atoms with E-state index in [0.717, 1.165) is 29.3 Å². The topological polar surface area (TPSA) is 71.3 Å². The van der Waals surface area contributed by atoms with Gasteiger partial charge in [-0.15, -0.1) is 0 Å². The van der Waals surface area contributed by atoms with Crippen LogP contribution in [0.3, 0.4) is 0 Å². The number of nitrogens with one attached hydrogen (secondary N) is 1. The first-order valence-corrected chi connectivity index (χ1v) is 10.7. The van der Waals surface area contributed by atoms with Crippen molar-refractivity contribution in [2.24, 2.45) is 11.8 Å². The van der Waals surface area contributed by atoms with Crippen LogP contribution < -0.4 is 5.32 Å². The monoisotopic (exact) mass is 424 g/mol. The maximum Gasteiger partial charge on any atom is 0.306 e. The Morgan fingerprint density at radius 1 is 1.03 bits per heavy atom. The molecule has 30 heavy (non-hydrogen) atoms. The summed E-state index contributed by atoms with van der Waals surface area (Å²) < 4.78 is 2.09. The summed E-state index contributed by atoms with van der Waals surface area (Å²) in [5.74, 6) is -0.686. The number of nitrogens with zero attached hydrogens (tertiary/aromatic N) is 1. The largest absolute Gasteiger partial charge is 0.481 e. The molecule has 0 radical (unpaired) electrons. The first-order valence-electron chi connectivity index (χ1n) is 10.3. The van der Waals surface area contributed by atoms with Crippen LogP contribution in [-0.2, 0) is 11.3 Å². The second kappa shape index (κ2) is 8.92. The van der Waals surface area contributed by atoms with Crippen LogP contribution in [0.15, 0.2) is 54.7 Å². The number of fused-ring (bicyclic) bond motifs is 1. The van der Waals surface area contributed by atoms with Gasteiger partial charge >= 0.3 is 5.97 Å². The van der Waals surface area contributed by atoms with Gasteiger partial charge in [0, 0.05) is 29.7 Å². The molecule has 1 aromatic heterocycles. The van der Waals surface area contributed by atoms with E-state index in [0.29, 0.717) is 42.4 Å². The van der Waals surface area contributed by atoms with Crippen LogP contribution in [0.5, 0.6) is 0 Å². The van der Waals surface area contributed by atoms with Crippen LogP contribution in [0, 0.1) is 11.8 Å². The van der Waals surface area contributed by atoms with Gasteiger partial charge in [-0.2, -0.15) is 0 Å². The number of carboxylic acids is 1. The van der Waals surface area contributed by atoms with Gasteiger partial charge in [-0.1, -0.05) is 35.9 Å². The summed E-state index contributed by atoms with van der Waals surface area (Å²) in [6.07, 6.45) is 5.07. The summed E-state index contributed by atoms with van der Waals surface area (Å²) >= 11 is 5.99. The number of halogens is 1. The lowest BCUT2D eigenvalue weighted by Gasteiger charge is -2.26. The number of aromatic nitrogens is 1. The molecule has 1 aliphatic carbocycles. The van der Waals surface area contributed by atoms with Crippen molar-refractivity contribution in [3.05, 3.63) is 70.9 Å². The van der Waals surface area contributed by atoms with E-state index in [2.05, 4.69) is 9.88 Å². The van der Waals surface area contributed by atoms with Gasteiger partial charge in [0.1, 0.15) is 0 Å². The minimum absolute atomic E-state index is 0.0861. The first kappa shape index (κ1) is 20.5. The molecule has 0 unspecified atom stereocenters. The van der Waals surface area contributed by atoms with Gasteiger partial charge in [0.15, 0.2) is 0 Å². The standard InChI is InChI=1S/C24H25ClN2O3/c25-20-10-6-17(7-11-20)15-27-13-12-18-2-1-3-21(22(18)27)23(28)26-14-16-4-8-19(9-5-16)24(29)30/h1-3,6-7,10-13,16,19H,4-5,8-9,14-15H2,(H,26,28)(H,29,30)/t16-,19+. The fourth-order valence-corrected chi connectivity index (χ4v) is 4.43. The zero-order valence-corrected chi connectivity index (χ0v) is 17.4. The molecule has 1 amide bonds. The lowest BCUT2D eigenvalue weighted by Crippen LogP contribution is -2.32. The lowest BCUT2D eigenvalue weighted by molar-refractivity contribution is -0.143. The molecule has 6 heteroatoms. The molecule has 2 aromatic carbocycles. The Balaban J connectivity index is 1.47. The fraction of sp³-hybridized carbons (Fsp3) is 0.333. The highest BCUT2D eigenvalue weighted by Crippen LogP contribution is 2.29. The Kier molecular flexibility index (Phi) is 6.09. The highest BCUT2D eigenvalue weighted by atomic mass is 35.5. The van der Waals surface area contributed by atoms with E-state index in [1.165, 1.54) is 0 Å². The average molecular weight is 425 g/mol. The predicted molar refractivity (Wildman–Crippen MR) is 118 cm³/mol. The number of carbonyl (C=O) groups excluding carboxylic acids is 1. The predicted octanol–water partition coefficient (Wildman–Crippen LogP) is 4.96. The van der Waals surface area contributed by atoms with E-state index >= 15 is 0 Å². The number of rotatable bonds is 6. The van der Waals surface area contributed by atoms with E-state index in [9.17, 15) is 9.59 Å². The molecular weight excluding hydrogens is 400 g/mol. The van der Waals surface area contributed by atoms with Gasteiger partial charge in [0.05, 0.1) is 17.0 Å². The maximum absolute atomic E-state index is 13.0. The molecule has 1 saturated carbocycles. The summed E-state index contributed by atoms with van der Waals surface area (Å²) in [6, 6.07) is 15.5. The first-order chi connectivity index (χ1) is 14.5. The number of benzene rings is 2. The van der Waals surface area contributed by atoms with Crippen molar-refractivity contribution >= 4 is 34.4 Å². The minimum atomic E-state index is -0.703. The zero-order chi connectivity index (χ0) is 21.1. The average Bonchev–Trinajstić information content (AvgIpc) is 3.17. The zero-order valence-electron chi connectivity index (χ0n) is 16.7. The van der Waals surface area contributed by atoms with Crippen molar-refractivity contribution in [3.8, 4) is 0 Å². The second-order valence-electron chi connectivity index (χ2n) is 8.08. The molecule has 0 bridgehead atoms. The highest BCUT2D eigenvalue weighted by Gasteiger charge is 2.26. The van der Waals surface area contributed by atoms with Crippen molar-refractivity contribution < 1.29 is 14.7 Å². The van der Waals surface area contributed by atoms with E-state index in [1.54, 1.807) is 0 Å². The van der Waals surface area contributed by atoms with Crippen LogP contribution in [0.4, 0.5) is 0 Å². The number of hydrogen-bond acceptors (Lipinski definition) is 2. The summed E-state index contributed by atoms with van der Waals surface area (Å²) in [5.41, 5.74) is 2.69. The second-order valence-corrected chi connectivity index (χ2v) is 8.52. The van der Waals surface area contributed by atoms with Crippen molar-refractivity contribution in [1.82, 2.24) is 9.88 Å². The summed E-state index contributed by atoms with van der Waals surface area (Å²) in [4.78, 5) is 24.1. The number of carbonyl (C=O) groups is 2. The molecule has 1 aliphatic rings. The van der Waals surface area contributed by atoms with Crippen molar-refractivity contribution in [2.45, 2.75) is 32.2 Å². The Bertz CT molecular complexity index is 1050. The van der Waals surface area contributed by atoms with Gasteiger partial charge in [-0.3, -0.25) is 9.59 Å². The van der Waals surface area contributed by atoms with Crippen LogP contribution in [0.2, 0.25) is 5.02 Å². The molecule has 4 rings (SSSR count). The molecule has 5 nitrogen and oxygen atoms in total. The number of carboxylic acid groups (broad SMARTS) is 1. The summed E-state index contributed by atoms with van der Waals surface area (Å²) in [5, 5.41) is 13.9. The number of amides is 1. The lowest BCUT2D eigenvalue weighted by atomic mass is 9.82. The molecular formula is C24H25ClN2O3. The van der Waals surface area contributed by atoms with Crippen molar-refractivity contribution in [1.29, 1.82) is 0 Å². The number of para-hydroxylation sites is 1. The third-order valence-electron chi connectivity index (χ3n) is 6.05. The molecule has 0 atom stereocenters. The Morgan fingerprint density at radius 2 is 1.77 bits per heavy atom. The molecule has 0 aliphatic heterocycles. The van der Waals surface area contributed by atoms with E-state index in [-0.39, 0.29) is 11.8 Å². The molecule has 0 spiro atoms. The third-order valence-corrected chi connectivity index (χ3v) is 6.30. The number of aliphatic carboxylic acids is 1. The van der Waals surface area contributed by atoms with Crippen LogP contribution in [0.25, 0.3) is 10.9 Å². The fourth-order valence-electron chi connectivity index (χ4n) is 4.31. The van der Waals surface area contributed by atoms with E-state index in [1.807, 2.05) is 54.7 Å². The molecule has 0 saturated heterocycles. The van der Waals surface area contributed by atoms with E-state index < -0.39 is 5.97 Å². The third kappa shape index (κ3) is 4.51. The molecule has 1 fully saturated rings. The normalized spacial score (nSPS) is 19.0.